The van der Waals surface area contributed by atoms with Crippen molar-refractivity contribution in [2.45, 2.75) is 20.4 Å². The summed E-state index contributed by atoms with van der Waals surface area (Å²) in [5.41, 5.74) is 1.10. The Kier molecular flexibility index (Phi) is 6.68. The minimum atomic E-state index is 0.132. The van der Waals surface area contributed by atoms with E-state index in [1.807, 2.05) is 36.9 Å². The fraction of sp³-hybridized carbons (Fsp3) is 0.462. The van der Waals surface area contributed by atoms with Gasteiger partial charge in [-0.3, -0.25) is 4.79 Å². The Bertz CT molecular complexity index is 408. The number of carbonyl (C=O) groups is 1. The molecule has 0 radical (unpaired) electrons. The van der Waals surface area contributed by atoms with Crippen LogP contribution in [0.1, 0.15) is 19.4 Å². The van der Waals surface area contributed by atoms with Gasteiger partial charge in [-0.15, -0.1) is 0 Å². The van der Waals surface area contributed by atoms with Crippen LogP contribution >= 0.6 is 27.5 Å². The van der Waals surface area contributed by atoms with Gasteiger partial charge in [-0.2, -0.15) is 0 Å². The van der Waals surface area contributed by atoms with Gasteiger partial charge in [0.1, 0.15) is 0 Å². The minimum Gasteiger partial charge on any atom is -0.342 e. The van der Waals surface area contributed by atoms with E-state index in [1.54, 1.807) is 0 Å². The van der Waals surface area contributed by atoms with E-state index in [2.05, 4.69) is 21.2 Å². The van der Waals surface area contributed by atoms with Crippen molar-refractivity contribution in [1.82, 2.24) is 10.2 Å². The van der Waals surface area contributed by atoms with Gasteiger partial charge in [-0.1, -0.05) is 17.7 Å². The highest BCUT2D eigenvalue weighted by molar-refractivity contribution is 9.10. The second-order valence-corrected chi connectivity index (χ2v) is 5.18. The molecule has 1 amide bonds. The first-order valence-corrected chi connectivity index (χ1v) is 7.18. The fourth-order valence-electron chi connectivity index (χ4n) is 1.65. The summed E-state index contributed by atoms with van der Waals surface area (Å²) < 4.78 is 0.874. The maximum absolute atomic E-state index is 11.7. The Morgan fingerprint density at radius 1 is 1.39 bits per heavy atom. The highest BCUT2D eigenvalue weighted by Crippen LogP contribution is 2.22. The number of carbonyl (C=O) groups excluding carboxylic acids is 1. The Balaban J connectivity index is 2.41. The molecule has 0 aliphatic carbocycles. The van der Waals surface area contributed by atoms with Crippen LogP contribution < -0.4 is 5.32 Å². The van der Waals surface area contributed by atoms with Crippen molar-refractivity contribution < 1.29 is 4.79 Å². The summed E-state index contributed by atoms with van der Waals surface area (Å²) in [6.45, 7) is 6.49. The van der Waals surface area contributed by atoms with Gasteiger partial charge in [-0.25, -0.2) is 0 Å². The molecule has 0 saturated heterocycles. The highest BCUT2D eigenvalue weighted by atomic mass is 79.9. The number of hydrogen-bond donors (Lipinski definition) is 1. The maximum Gasteiger partial charge on any atom is 0.236 e. The van der Waals surface area contributed by atoms with Crippen LogP contribution in [0.5, 0.6) is 0 Å². The number of rotatable bonds is 6. The zero-order valence-corrected chi connectivity index (χ0v) is 13.0. The summed E-state index contributed by atoms with van der Waals surface area (Å²) in [6, 6.07) is 5.74. The molecule has 0 aromatic heterocycles. The Labute approximate surface area is 122 Å². The summed E-state index contributed by atoms with van der Waals surface area (Å²) in [6.07, 6.45) is 0. The van der Waals surface area contributed by atoms with Crippen LogP contribution in [-0.2, 0) is 11.3 Å². The molecule has 1 N–H and O–H groups in total. The summed E-state index contributed by atoms with van der Waals surface area (Å²) in [4.78, 5) is 13.6. The molecule has 18 heavy (non-hydrogen) atoms. The smallest absolute Gasteiger partial charge is 0.236 e. The molecule has 100 valence electrons. The number of amides is 1. The molecule has 0 unspecified atom stereocenters. The Morgan fingerprint density at radius 2 is 2.06 bits per heavy atom. The third-order valence-corrected chi connectivity index (χ3v) is 3.92. The standard InChI is InChI=1S/C13H18BrClN2O/c1-3-17(4-2)13(18)9-16-8-10-5-6-12(15)11(14)7-10/h5-7,16H,3-4,8-9H2,1-2H3. The van der Waals surface area contributed by atoms with E-state index in [1.165, 1.54) is 0 Å². The molecule has 0 heterocycles. The SMILES string of the molecule is CCN(CC)C(=O)CNCc1ccc(Cl)c(Br)c1. The lowest BCUT2D eigenvalue weighted by Gasteiger charge is -2.18. The van der Waals surface area contributed by atoms with E-state index in [4.69, 9.17) is 11.6 Å². The molecule has 5 heteroatoms. The van der Waals surface area contributed by atoms with E-state index in [-0.39, 0.29) is 5.91 Å². The van der Waals surface area contributed by atoms with Gasteiger partial charge >= 0.3 is 0 Å². The second kappa shape index (κ2) is 7.77. The number of likely N-dealkylation sites (N-methyl/N-ethyl adjacent to an activating group) is 1. The first kappa shape index (κ1) is 15.5. The quantitative estimate of drug-likeness (QED) is 0.868. The first-order valence-electron chi connectivity index (χ1n) is 6.00. The average molecular weight is 334 g/mol. The van der Waals surface area contributed by atoms with E-state index in [0.717, 1.165) is 23.1 Å². The average Bonchev–Trinajstić information content (AvgIpc) is 2.35. The highest BCUT2D eigenvalue weighted by Gasteiger charge is 2.08. The lowest BCUT2D eigenvalue weighted by molar-refractivity contribution is -0.129. The number of nitrogens with one attached hydrogen (secondary N) is 1. The van der Waals surface area contributed by atoms with Crippen LogP contribution in [0.2, 0.25) is 5.02 Å². The van der Waals surface area contributed by atoms with Crippen molar-refractivity contribution >= 4 is 33.4 Å². The van der Waals surface area contributed by atoms with Crippen LogP contribution in [0.25, 0.3) is 0 Å². The molecular weight excluding hydrogens is 316 g/mol. The van der Waals surface area contributed by atoms with Gasteiger partial charge in [0.05, 0.1) is 11.6 Å². The van der Waals surface area contributed by atoms with Crippen molar-refractivity contribution in [3.8, 4) is 0 Å². The molecular formula is C13H18BrClN2O. The van der Waals surface area contributed by atoms with Gasteiger partial charge < -0.3 is 10.2 Å². The molecule has 1 aromatic carbocycles. The predicted molar refractivity (Wildman–Crippen MR) is 78.8 cm³/mol. The molecule has 0 spiro atoms. The van der Waals surface area contributed by atoms with Gasteiger partial charge in [0.2, 0.25) is 5.91 Å². The van der Waals surface area contributed by atoms with Crippen molar-refractivity contribution in [2.24, 2.45) is 0 Å². The van der Waals surface area contributed by atoms with Crippen LogP contribution in [0.15, 0.2) is 22.7 Å². The van der Waals surface area contributed by atoms with Crippen LogP contribution in [0.3, 0.4) is 0 Å². The largest absolute Gasteiger partial charge is 0.342 e. The monoisotopic (exact) mass is 332 g/mol. The van der Waals surface area contributed by atoms with E-state index >= 15 is 0 Å². The number of benzene rings is 1. The summed E-state index contributed by atoms with van der Waals surface area (Å²) in [5, 5.41) is 3.83. The van der Waals surface area contributed by atoms with Gasteiger partial charge in [0.25, 0.3) is 0 Å². The van der Waals surface area contributed by atoms with Crippen LogP contribution in [0, 0.1) is 0 Å². The van der Waals surface area contributed by atoms with Crippen LogP contribution in [0.4, 0.5) is 0 Å². The maximum atomic E-state index is 11.7. The zero-order chi connectivity index (χ0) is 13.5. The Hall–Kier alpha value is -0.580. The molecule has 0 fully saturated rings. The number of hydrogen-bond acceptors (Lipinski definition) is 2. The van der Waals surface area contributed by atoms with Crippen molar-refractivity contribution in [3.63, 3.8) is 0 Å². The lowest BCUT2D eigenvalue weighted by atomic mass is 10.2. The minimum absolute atomic E-state index is 0.132. The van der Waals surface area contributed by atoms with Crippen LogP contribution in [-0.4, -0.2) is 30.4 Å². The second-order valence-electron chi connectivity index (χ2n) is 3.92. The number of nitrogens with zero attached hydrogens (tertiary/aromatic N) is 1. The fourth-order valence-corrected chi connectivity index (χ4v) is 2.20. The van der Waals surface area contributed by atoms with Gasteiger partial charge in [0, 0.05) is 24.1 Å². The molecule has 1 rings (SSSR count). The van der Waals surface area contributed by atoms with Gasteiger partial charge in [-0.05, 0) is 47.5 Å². The molecule has 0 atom stereocenters. The molecule has 3 nitrogen and oxygen atoms in total. The topological polar surface area (TPSA) is 32.3 Å². The lowest BCUT2D eigenvalue weighted by Crippen LogP contribution is -2.37. The van der Waals surface area contributed by atoms with E-state index in [0.29, 0.717) is 18.1 Å². The third-order valence-electron chi connectivity index (χ3n) is 2.71. The first-order chi connectivity index (χ1) is 8.58. The number of halogens is 2. The normalized spacial score (nSPS) is 10.4. The van der Waals surface area contributed by atoms with Crippen molar-refractivity contribution in [3.05, 3.63) is 33.3 Å². The van der Waals surface area contributed by atoms with E-state index in [9.17, 15) is 4.79 Å². The van der Waals surface area contributed by atoms with Crippen molar-refractivity contribution in [1.29, 1.82) is 0 Å². The predicted octanol–water partition coefficient (Wildman–Crippen LogP) is 3.06. The van der Waals surface area contributed by atoms with Crippen molar-refractivity contribution in [2.75, 3.05) is 19.6 Å². The summed E-state index contributed by atoms with van der Waals surface area (Å²) in [7, 11) is 0. The van der Waals surface area contributed by atoms with Gasteiger partial charge in [0.15, 0.2) is 0 Å². The molecule has 0 bridgehead atoms. The van der Waals surface area contributed by atoms with E-state index < -0.39 is 0 Å². The molecule has 0 aliphatic heterocycles. The Morgan fingerprint density at radius 3 is 2.61 bits per heavy atom. The summed E-state index contributed by atoms with van der Waals surface area (Å²) >= 11 is 9.29. The molecule has 0 saturated carbocycles. The third kappa shape index (κ3) is 4.59. The zero-order valence-electron chi connectivity index (χ0n) is 10.7. The summed E-state index contributed by atoms with van der Waals surface area (Å²) in [5.74, 6) is 0.132. The molecule has 0 aliphatic rings. The molecule has 1 aromatic rings.